The molecule has 0 aromatic heterocycles. The molecule has 0 spiro atoms. The Morgan fingerprint density at radius 3 is 2.40 bits per heavy atom. The quantitative estimate of drug-likeness (QED) is 0.388. The van der Waals surface area contributed by atoms with E-state index in [1.165, 1.54) is 4.90 Å². The number of carbonyl (C=O) groups excluding carboxylic acids is 2. The first kappa shape index (κ1) is 19.8. The average molecular weight is 417 g/mol. The number of thiocarbonyl (C=S) groups is 1. The summed E-state index contributed by atoms with van der Waals surface area (Å²) in [7, 11) is 0. The van der Waals surface area contributed by atoms with Crippen LogP contribution in [0.4, 0.5) is 5.69 Å². The Morgan fingerprint density at radius 2 is 1.67 bits per heavy atom. The SMILES string of the molecule is CC(C)Oc1ccc2ccccc2c1/C=C1/C(=O)NC(=S)N(c2ccccc2)C1=O. The Labute approximate surface area is 179 Å². The molecule has 0 unspecified atom stereocenters. The highest BCUT2D eigenvalue weighted by Gasteiger charge is 2.34. The van der Waals surface area contributed by atoms with E-state index in [0.29, 0.717) is 17.0 Å². The number of nitrogens with zero attached hydrogens (tertiary/aromatic N) is 1. The second-order valence-electron chi connectivity index (χ2n) is 7.16. The number of nitrogens with one attached hydrogen (secondary N) is 1. The van der Waals surface area contributed by atoms with Crippen LogP contribution in [0.3, 0.4) is 0 Å². The van der Waals surface area contributed by atoms with E-state index in [-0.39, 0.29) is 16.8 Å². The van der Waals surface area contributed by atoms with Gasteiger partial charge in [-0.1, -0.05) is 48.5 Å². The van der Waals surface area contributed by atoms with Gasteiger partial charge >= 0.3 is 0 Å². The molecular weight excluding hydrogens is 396 g/mol. The summed E-state index contributed by atoms with van der Waals surface area (Å²) in [5.41, 5.74) is 1.27. The summed E-state index contributed by atoms with van der Waals surface area (Å²) in [5, 5.41) is 4.56. The summed E-state index contributed by atoms with van der Waals surface area (Å²) in [4.78, 5) is 27.3. The fourth-order valence-corrected chi connectivity index (χ4v) is 3.68. The van der Waals surface area contributed by atoms with Gasteiger partial charge in [-0.05, 0) is 61.1 Å². The lowest BCUT2D eigenvalue weighted by atomic mass is 9.99. The smallest absolute Gasteiger partial charge is 0.270 e. The molecule has 1 fully saturated rings. The van der Waals surface area contributed by atoms with Crippen LogP contribution in [0.2, 0.25) is 0 Å². The molecule has 1 saturated heterocycles. The molecule has 30 heavy (non-hydrogen) atoms. The van der Waals surface area contributed by atoms with Crippen LogP contribution in [0.5, 0.6) is 5.75 Å². The maximum Gasteiger partial charge on any atom is 0.270 e. The van der Waals surface area contributed by atoms with Gasteiger partial charge < -0.3 is 4.74 Å². The molecule has 0 bridgehead atoms. The van der Waals surface area contributed by atoms with E-state index in [2.05, 4.69) is 5.32 Å². The molecule has 0 atom stereocenters. The summed E-state index contributed by atoms with van der Waals surface area (Å²) < 4.78 is 5.97. The predicted octanol–water partition coefficient (Wildman–Crippen LogP) is 4.46. The predicted molar refractivity (Wildman–Crippen MR) is 122 cm³/mol. The molecule has 0 aliphatic carbocycles. The number of carbonyl (C=O) groups is 2. The Morgan fingerprint density at radius 1 is 0.967 bits per heavy atom. The standard InChI is InChI=1S/C24H20N2O3S/c1-15(2)29-21-13-12-16-8-6-7-11-18(16)19(21)14-20-22(27)25-24(30)26(23(20)28)17-9-4-3-5-10-17/h3-15H,1-2H3,(H,25,27,30)/b20-14-. The molecule has 2 amide bonds. The molecule has 6 heteroatoms. The van der Waals surface area contributed by atoms with Crippen LogP contribution in [-0.4, -0.2) is 23.0 Å². The first-order valence-corrected chi connectivity index (χ1v) is 10.0. The van der Waals surface area contributed by atoms with E-state index < -0.39 is 11.8 Å². The average Bonchev–Trinajstić information content (AvgIpc) is 2.72. The minimum absolute atomic E-state index is 0.00240. The van der Waals surface area contributed by atoms with E-state index in [1.54, 1.807) is 18.2 Å². The second kappa shape index (κ2) is 8.08. The lowest BCUT2D eigenvalue weighted by Gasteiger charge is -2.29. The number of anilines is 1. The Kier molecular flexibility index (Phi) is 5.33. The summed E-state index contributed by atoms with van der Waals surface area (Å²) in [6.07, 6.45) is 1.53. The topological polar surface area (TPSA) is 58.6 Å². The first-order chi connectivity index (χ1) is 14.5. The number of amides is 2. The molecule has 1 aliphatic heterocycles. The monoisotopic (exact) mass is 416 g/mol. The highest BCUT2D eigenvalue weighted by Crippen LogP contribution is 2.32. The van der Waals surface area contributed by atoms with Gasteiger partial charge in [-0.3, -0.25) is 19.8 Å². The minimum Gasteiger partial charge on any atom is -0.490 e. The van der Waals surface area contributed by atoms with Crippen LogP contribution in [0, 0.1) is 0 Å². The second-order valence-corrected chi connectivity index (χ2v) is 7.55. The fraction of sp³-hybridized carbons (Fsp3) is 0.125. The molecule has 3 aromatic rings. The normalized spacial score (nSPS) is 15.8. The molecule has 1 aliphatic rings. The highest BCUT2D eigenvalue weighted by atomic mass is 32.1. The van der Waals surface area contributed by atoms with E-state index in [9.17, 15) is 9.59 Å². The molecule has 5 nitrogen and oxygen atoms in total. The number of para-hydroxylation sites is 1. The van der Waals surface area contributed by atoms with Crippen molar-refractivity contribution in [2.45, 2.75) is 20.0 Å². The van der Waals surface area contributed by atoms with E-state index in [0.717, 1.165) is 10.8 Å². The Hall–Kier alpha value is -3.51. The molecule has 0 radical (unpaired) electrons. The summed E-state index contributed by atoms with van der Waals surface area (Å²) >= 11 is 5.26. The van der Waals surface area contributed by atoms with Crippen molar-refractivity contribution in [2.24, 2.45) is 0 Å². The van der Waals surface area contributed by atoms with Crippen molar-refractivity contribution in [1.82, 2.24) is 5.32 Å². The van der Waals surface area contributed by atoms with Crippen LogP contribution in [0.1, 0.15) is 19.4 Å². The van der Waals surface area contributed by atoms with Crippen molar-refractivity contribution >= 4 is 51.7 Å². The molecule has 1 heterocycles. The third-order valence-electron chi connectivity index (χ3n) is 4.70. The van der Waals surface area contributed by atoms with Crippen molar-refractivity contribution in [3.05, 3.63) is 77.9 Å². The van der Waals surface area contributed by atoms with Crippen molar-refractivity contribution in [1.29, 1.82) is 0 Å². The van der Waals surface area contributed by atoms with Gasteiger partial charge in [0, 0.05) is 5.56 Å². The van der Waals surface area contributed by atoms with Crippen LogP contribution in [-0.2, 0) is 9.59 Å². The van der Waals surface area contributed by atoms with Crippen molar-refractivity contribution in [3.8, 4) is 5.75 Å². The van der Waals surface area contributed by atoms with Gasteiger partial charge in [0.1, 0.15) is 11.3 Å². The Bertz CT molecular complexity index is 1190. The number of hydrogen-bond acceptors (Lipinski definition) is 4. The van der Waals surface area contributed by atoms with Crippen molar-refractivity contribution < 1.29 is 14.3 Å². The zero-order valence-electron chi connectivity index (χ0n) is 16.6. The fourth-order valence-electron chi connectivity index (χ4n) is 3.39. The summed E-state index contributed by atoms with van der Waals surface area (Å²) in [6.45, 7) is 3.86. The largest absolute Gasteiger partial charge is 0.490 e. The maximum atomic E-state index is 13.3. The van der Waals surface area contributed by atoms with E-state index >= 15 is 0 Å². The van der Waals surface area contributed by atoms with Gasteiger partial charge in [-0.2, -0.15) is 0 Å². The molecule has 0 saturated carbocycles. The third-order valence-corrected chi connectivity index (χ3v) is 4.98. The van der Waals surface area contributed by atoms with Gasteiger partial charge in [-0.15, -0.1) is 0 Å². The van der Waals surface area contributed by atoms with Crippen LogP contribution in [0.15, 0.2) is 72.3 Å². The van der Waals surface area contributed by atoms with Crippen LogP contribution < -0.4 is 15.0 Å². The van der Waals surface area contributed by atoms with E-state index in [1.807, 2.05) is 68.4 Å². The number of benzene rings is 3. The molecule has 150 valence electrons. The lowest BCUT2D eigenvalue weighted by Crippen LogP contribution is -2.54. The molecular formula is C24H20N2O3S. The summed E-state index contributed by atoms with van der Waals surface area (Å²) in [6, 6.07) is 20.6. The minimum atomic E-state index is -0.527. The van der Waals surface area contributed by atoms with Gasteiger partial charge in [0.2, 0.25) is 0 Å². The number of rotatable bonds is 4. The van der Waals surface area contributed by atoms with Crippen molar-refractivity contribution in [2.75, 3.05) is 4.90 Å². The van der Waals surface area contributed by atoms with Crippen LogP contribution >= 0.6 is 12.2 Å². The number of fused-ring (bicyclic) bond motifs is 1. The highest BCUT2D eigenvalue weighted by molar-refractivity contribution is 7.80. The molecule has 3 aromatic carbocycles. The number of ether oxygens (including phenoxy) is 1. The van der Waals surface area contributed by atoms with Gasteiger partial charge in [0.05, 0.1) is 11.8 Å². The zero-order chi connectivity index (χ0) is 21.3. The third kappa shape index (κ3) is 3.69. The summed E-state index contributed by atoms with van der Waals surface area (Å²) in [5.74, 6) is -0.393. The molecule has 1 N–H and O–H groups in total. The maximum absolute atomic E-state index is 13.3. The Balaban J connectivity index is 1.87. The van der Waals surface area contributed by atoms with E-state index in [4.69, 9.17) is 17.0 Å². The van der Waals surface area contributed by atoms with Crippen molar-refractivity contribution in [3.63, 3.8) is 0 Å². The first-order valence-electron chi connectivity index (χ1n) is 9.60. The number of hydrogen-bond donors (Lipinski definition) is 1. The molecule has 4 rings (SSSR count). The lowest BCUT2D eigenvalue weighted by molar-refractivity contribution is -0.122. The zero-order valence-corrected chi connectivity index (χ0v) is 17.4. The van der Waals surface area contributed by atoms with Crippen LogP contribution in [0.25, 0.3) is 16.8 Å². The van der Waals surface area contributed by atoms with Gasteiger partial charge in [0.15, 0.2) is 5.11 Å². The van der Waals surface area contributed by atoms with Gasteiger partial charge in [-0.25, -0.2) is 0 Å². The van der Waals surface area contributed by atoms with Gasteiger partial charge in [0.25, 0.3) is 11.8 Å².